The van der Waals surface area contributed by atoms with Gasteiger partial charge in [0.1, 0.15) is 0 Å². The largest absolute Gasteiger partial charge is 0.396 e. The second-order valence-electron chi connectivity index (χ2n) is 6.05. The standard InChI is InChI=1S/C10H15.3C3H8O.Ti/c1-7-6-10(4,5)9(3)8(7)2;3*1-2-3-4;/h1-5H3;3*4H,2-3H2,1H3;. The van der Waals surface area contributed by atoms with Crippen LogP contribution >= 0.6 is 0 Å². The number of aliphatic hydroxyl groups is 3. The van der Waals surface area contributed by atoms with Gasteiger partial charge in [-0.3, -0.25) is 0 Å². The summed E-state index contributed by atoms with van der Waals surface area (Å²) in [5, 5.41) is 23.6. The van der Waals surface area contributed by atoms with E-state index < -0.39 is 0 Å². The molecule has 0 atom stereocenters. The van der Waals surface area contributed by atoms with Crippen LogP contribution in [-0.4, -0.2) is 35.1 Å². The molecule has 0 aromatic heterocycles. The zero-order valence-corrected chi connectivity index (χ0v) is 18.1. The van der Waals surface area contributed by atoms with Crippen LogP contribution in [-0.2, 0) is 20.4 Å². The third-order valence-electron chi connectivity index (χ3n) is 3.73. The zero-order valence-electron chi connectivity index (χ0n) is 16.6. The first-order valence-electron chi connectivity index (χ1n) is 8.57. The van der Waals surface area contributed by atoms with Crippen molar-refractivity contribution in [2.75, 3.05) is 19.8 Å². The van der Waals surface area contributed by atoms with E-state index in [4.69, 9.17) is 15.3 Å². The Bertz CT molecular complexity index is 303. The fraction of sp³-hybridized carbons (Fsp3) is 0.789. The van der Waals surface area contributed by atoms with Crippen molar-refractivity contribution in [3.63, 3.8) is 0 Å². The number of hydrogen-bond donors (Lipinski definition) is 3. The molecule has 0 spiro atoms. The number of hydrogen-bond acceptors (Lipinski definition) is 3. The molecule has 1 aliphatic rings. The summed E-state index contributed by atoms with van der Waals surface area (Å²) >= 11 is 2.25. The third-order valence-corrected chi connectivity index (χ3v) is 5.29. The molecule has 23 heavy (non-hydrogen) atoms. The predicted octanol–water partition coefficient (Wildman–Crippen LogP) is 4.35. The van der Waals surface area contributed by atoms with Crippen LogP contribution < -0.4 is 0 Å². The van der Waals surface area contributed by atoms with Crippen molar-refractivity contribution in [3.8, 4) is 0 Å². The normalized spacial score (nSPS) is 15.0. The first-order valence-corrected chi connectivity index (χ1v) is 9.35. The summed E-state index contributed by atoms with van der Waals surface area (Å²) < 4.78 is 1.53. The van der Waals surface area contributed by atoms with Gasteiger partial charge >= 0.3 is 81.1 Å². The van der Waals surface area contributed by atoms with Crippen molar-refractivity contribution in [2.24, 2.45) is 5.41 Å². The van der Waals surface area contributed by atoms with Crippen molar-refractivity contribution in [1.29, 1.82) is 0 Å². The van der Waals surface area contributed by atoms with Crippen LogP contribution in [0, 0.1) is 5.41 Å². The van der Waals surface area contributed by atoms with Gasteiger partial charge in [-0.15, -0.1) is 0 Å². The fourth-order valence-corrected chi connectivity index (χ4v) is 2.18. The molecular formula is C19H39O3Ti. The van der Waals surface area contributed by atoms with Crippen molar-refractivity contribution >= 4 is 0 Å². The molecule has 3 N–H and O–H groups in total. The van der Waals surface area contributed by atoms with Gasteiger partial charge in [0.25, 0.3) is 0 Å². The Morgan fingerprint density at radius 2 is 1.00 bits per heavy atom. The second kappa shape index (κ2) is 16.9. The van der Waals surface area contributed by atoms with Crippen LogP contribution in [0.5, 0.6) is 0 Å². The first kappa shape index (κ1) is 27.9. The minimum Gasteiger partial charge on any atom is -0.396 e. The molecule has 0 saturated heterocycles. The first-order chi connectivity index (χ1) is 10.6. The molecule has 137 valence electrons. The summed E-state index contributed by atoms with van der Waals surface area (Å²) in [5.41, 5.74) is 4.83. The quantitative estimate of drug-likeness (QED) is 0.654. The second-order valence-corrected chi connectivity index (χ2v) is 6.83. The van der Waals surface area contributed by atoms with Crippen molar-refractivity contribution in [3.05, 3.63) is 20.6 Å². The van der Waals surface area contributed by atoms with E-state index in [-0.39, 0.29) is 0 Å². The Morgan fingerprint density at radius 1 is 0.739 bits per heavy atom. The van der Waals surface area contributed by atoms with E-state index in [0.29, 0.717) is 25.2 Å². The van der Waals surface area contributed by atoms with Crippen LogP contribution in [0.4, 0.5) is 0 Å². The molecule has 4 heteroatoms. The molecule has 0 fully saturated rings. The van der Waals surface area contributed by atoms with Crippen LogP contribution in [0.15, 0.2) is 20.6 Å². The Kier molecular flexibility index (Phi) is 20.5. The minimum atomic E-state index is 0.314. The van der Waals surface area contributed by atoms with Crippen LogP contribution in [0.1, 0.15) is 74.7 Å². The van der Waals surface area contributed by atoms with E-state index in [2.05, 4.69) is 55.1 Å². The molecule has 3 nitrogen and oxygen atoms in total. The maximum Gasteiger partial charge on any atom is 0.0428 e. The van der Waals surface area contributed by atoms with Gasteiger partial charge in [-0.25, -0.2) is 0 Å². The third kappa shape index (κ3) is 12.1. The van der Waals surface area contributed by atoms with Crippen molar-refractivity contribution in [1.82, 2.24) is 0 Å². The molecule has 0 amide bonds. The predicted molar refractivity (Wildman–Crippen MR) is 97.0 cm³/mol. The number of aliphatic hydroxyl groups excluding tert-OH is 3. The van der Waals surface area contributed by atoms with Gasteiger partial charge < -0.3 is 15.3 Å². The van der Waals surface area contributed by atoms with E-state index in [0.717, 1.165) is 19.3 Å². The Balaban J connectivity index is -0.000000278. The maximum absolute atomic E-state index is 7.88. The fourth-order valence-electron chi connectivity index (χ4n) is 1.59. The van der Waals surface area contributed by atoms with Crippen molar-refractivity contribution in [2.45, 2.75) is 74.7 Å². The summed E-state index contributed by atoms with van der Waals surface area (Å²) in [5.74, 6) is 0. The summed E-state index contributed by atoms with van der Waals surface area (Å²) in [6, 6.07) is 0. The zero-order chi connectivity index (χ0) is 19.1. The SMILES string of the molecule is CC1=C(C)C(C)(C)[C]([Ti])=C1C.CCCO.CCCO.CCCO. The van der Waals surface area contributed by atoms with Gasteiger partial charge in [0.05, 0.1) is 0 Å². The van der Waals surface area contributed by atoms with Gasteiger partial charge in [0.2, 0.25) is 0 Å². The molecule has 0 heterocycles. The monoisotopic (exact) mass is 363 g/mol. The maximum atomic E-state index is 7.88. The Morgan fingerprint density at radius 3 is 1.04 bits per heavy atom. The van der Waals surface area contributed by atoms with Crippen LogP contribution in [0.2, 0.25) is 0 Å². The van der Waals surface area contributed by atoms with Gasteiger partial charge in [0, 0.05) is 19.8 Å². The van der Waals surface area contributed by atoms with Gasteiger partial charge in [-0.05, 0) is 19.3 Å². The molecule has 0 aromatic rings. The van der Waals surface area contributed by atoms with E-state index in [1.165, 1.54) is 20.6 Å². The molecule has 0 aromatic carbocycles. The average molecular weight is 363 g/mol. The van der Waals surface area contributed by atoms with Gasteiger partial charge in [0.15, 0.2) is 0 Å². The van der Waals surface area contributed by atoms with Crippen LogP contribution in [0.25, 0.3) is 0 Å². The molecule has 0 bridgehead atoms. The topological polar surface area (TPSA) is 60.7 Å². The molecule has 0 radical (unpaired) electrons. The number of allylic oxidation sites excluding steroid dienone is 4. The van der Waals surface area contributed by atoms with Crippen molar-refractivity contribution < 1.29 is 35.8 Å². The van der Waals surface area contributed by atoms with E-state index in [1.807, 2.05) is 20.8 Å². The average Bonchev–Trinajstić information content (AvgIpc) is 2.70. The molecule has 0 unspecified atom stereocenters. The number of rotatable bonds is 3. The summed E-state index contributed by atoms with van der Waals surface area (Å²) in [6.45, 7) is 18.1. The minimum absolute atomic E-state index is 0.314. The summed E-state index contributed by atoms with van der Waals surface area (Å²) in [6.07, 6.45) is 2.62. The summed E-state index contributed by atoms with van der Waals surface area (Å²) in [7, 11) is 0. The van der Waals surface area contributed by atoms with E-state index >= 15 is 0 Å². The molecular weight excluding hydrogens is 324 g/mol. The molecule has 0 saturated carbocycles. The Labute approximate surface area is 156 Å². The van der Waals surface area contributed by atoms with E-state index in [1.54, 1.807) is 0 Å². The molecule has 0 aliphatic heterocycles. The molecule has 1 aliphatic carbocycles. The van der Waals surface area contributed by atoms with Gasteiger partial charge in [-0.1, -0.05) is 20.8 Å². The summed E-state index contributed by atoms with van der Waals surface area (Å²) in [4.78, 5) is 0. The van der Waals surface area contributed by atoms with E-state index in [9.17, 15) is 0 Å². The smallest absolute Gasteiger partial charge is 0.0428 e. The molecule has 1 rings (SSSR count). The Hall–Kier alpha value is 0.0743. The van der Waals surface area contributed by atoms with Gasteiger partial charge in [-0.2, -0.15) is 0 Å². The van der Waals surface area contributed by atoms with Crippen LogP contribution in [0.3, 0.4) is 0 Å².